The Hall–Kier alpha value is -2.50. The van der Waals surface area contributed by atoms with Gasteiger partial charge in [-0.3, -0.25) is 4.99 Å². The molecule has 0 radical (unpaired) electrons. The highest BCUT2D eigenvalue weighted by molar-refractivity contribution is 5.80. The minimum absolute atomic E-state index is 0.105. The Morgan fingerprint density at radius 1 is 1.19 bits per heavy atom. The summed E-state index contributed by atoms with van der Waals surface area (Å²) in [6, 6.07) is 8.26. The van der Waals surface area contributed by atoms with Crippen LogP contribution in [0.25, 0.3) is 0 Å². The standard InChI is InChI=1S/C20H30N4O2/c1-13(2)12-25-18-9-7-17(8-10-18)15(4)24-20(21-6)22-11-19-23-14(3)16(5)26-19/h7-10,13,15H,11-12H2,1-6H3,(H2,21,22,24). The van der Waals surface area contributed by atoms with E-state index >= 15 is 0 Å². The van der Waals surface area contributed by atoms with Crippen molar-refractivity contribution in [2.75, 3.05) is 13.7 Å². The van der Waals surface area contributed by atoms with Gasteiger partial charge in [-0.1, -0.05) is 26.0 Å². The van der Waals surface area contributed by atoms with E-state index in [1.54, 1.807) is 7.05 Å². The lowest BCUT2D eigenvalue weighted by Crippen LogP contribution is -2.38. The molecule has 1 aromatic carbocycles. The number of hydrogen-bond acceptors (Lipinski definition) is 4. The number of rotatable bonds is 7. The Balaban J connectivity index is 1.88. The van der Waals surface area contributed by atoms with Crippen molar-refractivity contribution in [1.82, 2.24) is 15.6 Å². The molecule has 0 aliphatic rings. The van der Waals surface area contributed by atoms with Crippen molar-refractivity contribution in [3.63, 3.8) is 0 Å². The lowest BCUT2D eigenvalue weighted by atomic mass is 10.1. The van der Waals surface area contributed by atoms with Gasteiger partial charge in [0.2, 0.25) is 5.89 Å². The zero-order chi connectivity index (χ0) is 19.1. The first-order valence-corrected chi connectivity index (χ1v) is 9.02. The van der Waals surface area contributed by atoms with Crippen molar-refractivity contribution in [3.05, 3.63) is 47.2 Å². The molecule has 0 saturated carbocycles. The van der Waals surface area contributed by atoms with E-state index < -0.39 is 0 Å². The second-order valence-electron chi connectivity index (χ2n) is 6.81. The van der Waals surface area contributed by atoms with Gasteiger partial charge in [0, 0.05) is 7.05 Å². The van der Waals surface area contributed by atoms with E-state index in [1.807, 2.05) is 26.0 Å². The van der Waals surface area contributed by atoms with E-state index in [2.05, 4.69) is 53.5 Å². The monoisotopic (exact) mass is 358 g/mol. The molecule has 142 valence electrons. The zero-order valence-corrected chi connectivity index (χ0v) is 16.6. The number of ether oxygens (including phenoxy) is 1. The number of guanidine groups is 1. The first kappa shape index (κ1) is 19.8. The quantitative estimate of drug-likeness (QED) is 0.582. The maximum Gasteiger partial charge on any atom is 0.214 e. The minimum atomic E-state index is 0.105. The van der Waals surface area contributed by atoms with E-state index in [9.17, 15) is 0 Å². The van der Waals surface area contributed by atoms with E-state index in [1.165, 1.54) is 0 Å². The molecule has 6 heteroatoms. The fourth-order valence-corrected chi connectivity index (χ4v) is 2.37. The molecule has 0 spiro atoms. The highest BCUT2D eigenvalue weighted by atomic mass is 16.5. The van der Waals surface area contributed by atoms with Crippen LogP contribution in [0.1, 0.15) is 49.7 Å². The molecule has 0 amide bonds. The Labute approximate surface area is 156 Å². The Bertz CT molecular complexity index is 700. The topological polar surface area (TPSA) is 71.7 Å². The Morgan fingerprint density at radius 3 is 2.42 bits per heavy atom. The van der Waals surface area contributed by atoms with Gasteiger partial charge in [-0.25, -0.2) is 4.98 Å². The number of hydrogen-bond donors (Lipinski definition) is 2. The molecular formula is C20H30N4O2. The summed E-state index contributed by atoms with van der Waals surface area (Å²) in [5, 5.41) is 6.60. The molecule has 0 bridgehead atoms. The molecule has 0 fully saturated rings. The number of aliphatic imine (C=N–C) groups is 1. The summed E-state index contributed by atoms with van der Waals surface area (Å²) in [7, 11) is 1.75. The van der Waals surface area contributed by atoms with Crippen LogP contribution in [0.3, 0.4) is 0 Å². The van der Waals surface area contributed by atoms with Crippen molar-refractivity contribution in [3.8, 4) is 5.75 Å². The van der Waals surface area contributed by atoms with E-state index in [0.717, 1.165) is 29.4 Å². The number of oxazole rings is 1. The first-order valence-electron chi connectivity index (χ1n) is 9.02. The van der Waals surface area contributed by atoms with Crippen LogP contribution in [0.2, 0.25) is 0 Å². The molecule has 1 heterocycles. The molecule has 26 heavy (non-hydrogen) atoms. The highest BCUT2D eigenvalue weighted by Gasteiger charge is 2.10. The molecule has 1 atom stereocenters. The molecular weight excluding hydrogens is 328 g/mol. The maximum absolute atomic E-state index is 5.73. The molecule has 1 unspecified atom stereocenters. The summed E-state index contributed by atoms with van der Waals surface area (Å²) in [6.07, 6.45) is 0. The predicted molar refractivity (Wildman–Crippen MR) is 105 cm³/mol. The van der Waals surface area contributed by atoms with Crippen LogP contribution in [0.5, 0.6) is 5.75 Å². The largest absolute Gasteiger partial charge is 0.493 e. The average Bonchev–Trinajstić information content (AvgIpc) is 2.94. The van der Waals surface area contributed by atoms with Crippen molar-refractivity contribution in [2.45, 2.75) is 47.2 Å². The summed E-state index contributed by atoms with van der Waals surface area (Å²) < 4.78 is 11.3. The first-order chi connectivity index (χ1) is 12.4. The molecule has 6 nitrogen and oxygen atoms in total. The third-order valence-corrected chi connectivity index (χ3v) is 4.02. The van der Waals surface area contributed by atoms with Crippen LogP contribution >= 0.6 is 0 Å². The van der Waals surface area contributed by atoms with Gasteiger partial charge >= 0.3 is 0 Å². The summed E-state index contributed by atoms with van der Waals surface area (Å²) in [6.45, 7) is 11.4. The van der Waals surface area contributed by atoms with E-state index in [4.69, 9.17) is 9.15 Å². The van der Waals surface area contributed by atoms with Gasteiger partial charge in [-0.15, -0.1) is 0 Å². The Kier molecular flexibility index (Phi) is 7.06. The maximum atomic E-state index is 5.73. The van der Waals surface area contributed by atoms with Crippen molar-refractivity contribution in [1.29, 1.82) is 0 Å². The third-order valence-electron chi connectivity index (χ3n) is 4.02. The third kappa shape index (κ3) is 5.79. The van der Waals surface area contributed by atoms with E-state index in [0.29, 0.717) is 24.3 Å². The van der Waals surface area contributed by atoms with Gasteiger partial charge < -0.3 is 19.8 Å². The fraction of sp³-hybridized carbons (Fsp3) is 0.500. The lowest BCUT2D eigenvalue weighted by Gasteiger charge is -2.18. The second-order valence-corrected chi connectivity index (χ2v) is 6.81. The summed E-state index contributed by atoms with van der Waals surface area (Å²) in [5.41, 5.74) is 2.07. The summed E-state index contributed by atoms with van der Waals surface area (Å²) >= 11 is 0. The van der Waals surface area contributed by atoms with Crippen molar-refractivity contribution >= 4 is 5.96 Å². The molecule has 1 aromatic heterocycles. The average molecular weight is 358 g/mol. The van der Waals surface area contributed by atoms with Gasteiger partial charge in [0.25, 0.3) is 0 Å². The van der Waals surface area contributed by atoms with Crippen LogP contribution in [-0.4, -0.2) is 24.6 Å². The predicted octanol–water partition coefficient (Wildman–Crippen LogP) is 3.75. The van der Waals surface area contributed by atoms with Crippen LogP contribution in [-0.2, 0) is 6.54 Å². The second kappa shape index (κ2) is 9.27. The van der Waals surface area contributed by atoms with E-state index in [-0.39, 0.29) is 6.04 Å². The smallest absolute Gasteiger partial charge is 0.214 e. The van der Waals surface area contributed by atoms with Gasteiger partial charge in [-0.2, -0.15) is 0 Å². The molecule has 0 aliphatic carbocycles. The van der Waals surface area contributed by atoms with Crippen LogP contribution in [0.4, 0.5) is 0 Å². The number of aromatic nitrogens is 1. The van der Waals surface area contributed by atoms with Crippen LogP contribution < -0.4 is 15.4 Å². The van der Waals surface area contributed by atoms with Crippen LogP contribution in [0, 0.1) is 19.8 Å². The number of aryl methyl sites for hydroxylation is 2. The van der Waals surface area contributed by atoms with Crippen LogP contribution in [0.15, 0.2) is 33.7 Å². The van der Waals surface area contributed by atoms with Crippen molar-refractivity contribution in [2.24, 2.45) is 10.9 Å². The molecule has 2 aromatic rings. The molecule has 0 saturated heterocycles. The lowest BCUT2D eigenvalue weighted by molar-refractivity contribution is 0.271. The SMILES string of the molecule is CN=C(NCc1nc(C)c(C)o1)NC(C)c1ccc(OCC(C)C)cc1. The normalized spacial score (nSPS) is 13.0. The summed E-state index contributed by atoms with van der Waals surface area (Å²) in [5.74, 6) is 3.61. The highest BCUT2D eigenvalue weighted by Crippen LogP contribution is 2.18. The fourth-order valence-electron chi connectivity index (χ4n) is 2.37. The molecule has 2 rings (SSSR count). The number of nitrogens with one attached hydrogen (secondary N) is 2. The number of nitrogens with zero attached hydrogens (tertiary/aromatic N) is 2. The molecule has 0 aliphatic heterocycles. The van der Waals surface area contributed by atoms with Gasteiger partial charge in [0.15, 0.2) is 5.96 Å². The number of benzene rings is 1. The Morgan fingerprint density at radius 2 is 1.88 bits per heavy atom. The van der Waals surface area contributed by atoms with Gasteiger partial charge in [0.05, 0.1) is 24.9 Å². The zero-order valence-electron chi connectivity index (χ0n) is 16.6. The van der Waals surface area contributed by atoms with Crippen molar-refractivity contribution < 1.29 is 9.15 Å². The van der Waals surface area contributed by atoms with Gasteiger partial charge in [0.1, 0.15) is 11.5 Å². The summed E-state index contributed by atoms with van der Waals surface area (Å²) in [4.78, 5) is 8.63. The minimum Gasteiger partial charge on any atom is -0.493 e. The van der Waals surface area contributed by atoms with Gasteiger partial charge in [-0.05, 0) is 44.4 Å². The molecule has 2 N–H and O–H groups in total.